The predicted molar refractivity (Wildman–Crippen MR) is 138 cm³/mol. The molecule has 1 heterocycles. The van der Waals surface area contributed by atoms with Crippen LogP contribution in [0.3, 0.4) is 0 Å². The third-order valence-corrected chi connectivity index (χ3v) is 7.65. The number of Topliss-reactive ketones (excluding diaryl/α,β-unsaturated/α-hetero) is 1. The summed E-state index contributed by atoms with van der Waals surface area (Å²) in [5, 5.41) is 16.9. The van der Waals surface area contributed by atoms with Gasteiger partial charge < -0.3 is 15.7 Å². The molecule has 1 unspecified atom stereocenters. The summed E-state index contributed by atoms with van der Waals surface area (Å²) in [6.07, 6.45) is 0.0130. The Kier molecular flexibility index (Phi) is 8.32. The van der Waals surface area contributed by atoms with Crippen molar-refractivity contribution in [2.75, 3.05) is 0 Å². The maximum atomic E-state index is 13.6. The second kappa shape index (κ2) is 10.7. The van der Waals surface area contributed by atoms with E-state index in [1.165, 1.54) is 0 Å². The van der Waals surface area contributed by atoms with Gasteiger partial charge in [0.25, 0.3) is 0 Å². The number of aryl methyl sites for hydroxylation is 1. The molecule has 34 heavy (non-hydrogen) atoms. The second-order valence-electron chi connectivity index (χ2n) is 11.0. The number of carbonyl (C=O) groups is 2. The highest BCUT2D eigenvalue weighted by Crippen LogP contribution is 2.37. The molecule has 1 aliphatic carbocycles. The maximum Gasteiger partial charge on any atom is 0.224 e. The number of aliphatic hydroxyl groups is 1. The topological polar surface area (TPSA) is 91.3 Å². The van der Waals surface area contributed by atoms with Crippen molar-refractivity contribution in [3.8, 4) is 10.4 Å². The SMILES string of the molecule is Cc1ncsc1-c1ccc([C@H](C)NC(=O)[C@@H]2C[C@@H](O)CC2C(=O)[C@H](NC(C)C)C(C)(C)C)cc1. The largest absolute Gasteiger partial charge is 0.393 e. The lowest BCUT2D eigenvalue weighted by atomic mass is 9.77. The van der Waals surface area contributed by atoms with Crippen LogP contribution in [0.4, 0.5) is 0 Å². The van der Waals surface area contributed by atoms with Gasteiger partial charge in [-0.2, -0.15) is 0 Å². The van der Waals surface area contributed by atoms with E-state index in [0.29, 0.717) is 12.8 Å². The number of rotatable bonds is 8. The molecule has 5 atom stereocenters. The highest BCUT2D eigenvalue weighted by atomic mass is 32.1. The summed E-state index contributed by atoms with van der Waals surface area (Å²) in [6, 6.07) is 7.71. The molecule has 1 aromatic carbocycles. The Morgan fingerprint density at radius 2 is 1.71 bits per heavy atom. The summed E-state index contributed by atoms with van der Waals surface area (Å²) >= 11 is 1.61. The minimum atomic E-state index is -0.637. The fourth-order valence-corrected chi connectivity index (χ4v) is 5.64. The first-order valence-electron chi connectivity index (χ1n) is 12.2. The predicted octanol–water partition coefficient (Wildman–Crippen LogP) is 4.66. The van der Waals surface area contributed by atoms with E-state index in [2.05, 4.69) is 27.8 Å². The summed E-state index contributed by atoms with van der Waals surface area (Å²) in [5.41, 5.74) is 4.67. The van der Waals surface area contributed by atoms with Crippen LogP contribution in [0, 0.1) is 24.2 Å². The standard InChI is InChI=1S/C27H39N3O3S/c1-15(2)29-25(27(5,6)7)23(32)21-12-20(31)13-22(21)26(33)30-16(3)18-8-10-19(11-9-18)24-17(4)28-14-34-24/h8-11,14-16,20-22,25,29,31H,12-13H2,1-7H3,(H,30,33)/t16-,20-,21?,22+,25-/m0/s1. The quantitative estimate of drug-likeness (QED) is 0.506. The minimum Gasteiger partial charge on any atom is -0.393 e. The van der Waals surface area contributed by atoms with Gasteiger partial charge in [0, 0.05) is 12.0 Å². The first-order chi connectivity index (χ1) is 15.9. The highest BCUT2D eigenvalue weighted by Gasteiger charge is 2.46. The monoisotopic (exact) mass is 485 g/mol. The van der Waals surface area contributed by atoms with E-state index >= 15 is 0 Å². The van der Waals surface area contributed by atoms with Crippen LogP contribution < -0.4 is 10.6 Å². The molecular weight excluding hydrogens is 446 g/mol. The molecule has 0 aliphatic heterocycles. The molecule has 1 saturated carbocycles. The van der Waals surface area contributed by atoms with Crippen molar-refractivity contribution in [1.82, 2.24) is 15.6 Å². The van der Waals surface area contributed by atoms with E-state index in [0.717, 1.165) is 21.7 Å². The Morgan fingerprint density at radius 3 is 2.24 bits per heavy atom. The van der Waals surface area contributed by atoms with E-state index in [4.69, 9.17) is 0 Å². The van der Waals surface area contributed by atoms with Gasteiger partial charge in [0.2, 0.25) is 5.91 Å². The molecule has 6 nitrogen and oxygen atoms in total. The Morgan fingerprint density at radius 1 is 1.09 bits per heavy atom. The third-order valence-electron chi connectivity index (χ3n) is 6.67. The van der Waals surface area contributed by atoms with Gasteiger partial charge in [0.15, 0.2) is 5.78 Å². The fraction of sp³-hybridized carbons (Fsp3) is 0.593. The van der Waals surface area contributed by atoms with Gasteiger partial charge in [-0.05, 0) is 43.2 Å². The van der Waals surface area contributed by atoms with Crippen molar-refractivity contribution in [3.63, 3.8) is 0 Å². The molecule has 1 aromatic heterocycles. The van der Waals surface area contributed by atoms with E-state index in [1.54, 1.807) is 11.3 Å². The van der Waals surface area contributed by atoms with Crippen LogP contribution in [-0.4, -0.2) is 40.0 Å². The molecule has 1 amide bonds. The molecule has 0 spiro atoms. The van der Waals surface area contributed by atoms with E-state index in [1.807, 2.05) is 66.1 Å². The van der Waals surface area contributed by atoms with Crippen molar-refractivity contribution < 1.29 is 14.7 Å². The summed E-state index contributed by atoms with van der Waals surface area (Å²) in [4.78, 5) is 32.3. The number of nitrogens with one attached hydrogen (secondary N) is 2. The van der Waals surface area contributed by atoms with Gasteiger partial charge in [-0.1, -0.05) is 58.9 Å². The lowest BCUT2D eigenvalue weighted by Gasteiger charge is -2.35. The number of amides is 1. The number of hydrogen-bond acceptors (Lipinski definition) is 6. The van der Waals surface area contributed by atoms with Crippen LogP contribution in [0.25, 0.3) is 10.4 Å². The zero-order valence-electron chi connectivity index (χ0n) is 21.4. The number of carbonyl (C=O) groups excluding carboxylic acids is 2. The Balaban J connectivity index is 1.72. The Bertz CT molecular complexity index is 993. The van der Waals surface area contributed by atoms with Gasteiger partial charge >= 0.3 is 0 Å². The molecule has 3 N–H and O–H groups in total. The van der Waals surface area contributed by atoms with Gasteiger partial charge in [-0.3, -0.25) is 9.59 Å². The number of benzene rings is 1. The fourth-order valence-electron chi connectivity index (χ4n) is 4.83. The summed E-state index contributed by atoms with van der Waals surface area (Å²) in [7, 11) is 0. The first-order valence-corrected chi connectivity index (χ1v) is 13.0. The molecule has 1 fully saturated rings. The van der Waals surface area contributed by atoms with Crippen LogP contribution in [0.2, 0.25) is 0 Å². The third kappa shape index (κ3) is 6.12. The molecule has 186 valence electrons. The van der Waals surface area contributed by atoms with E-state index < -0.39 is 17.9 Å². The Labute approximate surface area is 207 Å². The smallest absolute Gasteiger partial charge is 0.224 e. The number of thiazole rings is 1. The van der Waals surface area contributed by atoms with Crippen LogP contribution >= 0.6 is 11.3 Å². The van der Waals surface area contributed by atoms with Crippen LogP contribution in [-0.2, 0) is 9.59 Å². The average molecular weight is 486 g/mol. The molecule has 7 heteroatoms. The van der Waals surface area contributed by atoms with Gasteiger partial charge in [0.05, 0.1) is 40.2 Å². The zero-order valence-corrected chi connectivity index (χ0v) is 22.2. The molecule has 3 rings (SSSR count). The normalized spacial score (nSPS) is 22.6. The number of nitrogens with zero attached hydrogens (tertiary/aromatic N) is 1. The summed E-state index contributed by atoms with van der Waals surface area (Å²) in [5.74, 6) is -1.16. The van der Waals surface area contributed by atoms with Gasteiger partial charge in [-0.15, -0.1) is 11.3 Å². The van der Waals surface area contributed by atoms with E-state index in [9.17, 15) is 14.7 Å². The van der Waals surface area contributed by atoms with Gasteiger partial charge in [-0.25, -0.2) is 4.98 Å². The second-order valence-corrected chi connectivity index (χ2v) is 11.8. The number of ketones is 1. The number of aliphatic hydroxyl groups excluding tert-OH is 1. The first kappa shape index (κ1) is 26.5. The van der Waals surface area contributed by atoms with Gasteiger partial charge in [0.1, 0.15) is 0 Å². The average Bonchev–Trinajstić information content (AvgIpc) is 3.36. The molecule has 0 saturated heterocycles. The van der Waals surface area contributed by atoms with Crippen LogP contribution in [0.1, 0.15) is 71.7 Å². The van der Waals surface area contributed by atoms with E-state index in [-0.39, 0.29) is 35.2 Å². The van der Waals surface area contributed by atoms with Crippen LogP contribution in [0.5, 0.6) is 0 Å². The highest BCUT2D eigenvalue weighted by molar-refractivity contribution is 7.13. The lowest BCUT2D eigenvalue weighted by Crippen LogP contribution is -2.52. The summed E-state index contributed by atoms with van der Waals surface area (Å²) < 4.78 is 0. The Hall–Kier alpha value is -2.09. The molecule has 0 bridgehead atoms. The van der Waals surface area contributed by atoms with Crippen molar-refractivity contribution in [1.29, 1.82) is 0 Å². The minimum absolute atomic E-state index is 0.0230. The molecular formula is C27H39N3O3S. The molecule has 0 radical (unpaired) electrons. The van der Waals surface area contributed by atoms with Crippen molar-refractivity contribution in [2.45, 2.75) is 85.5 Å². The number of aromatic nitrogens is 1. The van der Waals surface area contributed by atoms with Crippen molar-refractivity contribution in [2.24, 2.45) is 17.3 Å². The van der Waals surface area contributed by atoms with Crippen molar-refractivity contribution >= 4 is 23.0 Å². The zero-order chi connectivity index (χ0) is 25.2. The number of hydrogen-bond donors (Lipinski definition) is 3. The molecule has 2 aromatic rings. The molecule has 1 aliphatic rings. The van der Waals surface area contributed by atoms with Crippen LogP contribution in [0.15, 0.2) is 29.8 Å². The lowest BCUT2D eigenvalue weighted by molar-refractivity contribution is -0.135. The maximum absolute atomic E-state index is 13.6. The van der Waals surface area contributed by atoms with Crippen molar-refractivity contribution in [3.05, 3.63) is 41.0 Å². The summed E-state index contributed by atoms with van der Waals surface area (Å²) in [6.45, 7) is 14.1.